The number of benzene rings is 3. The van der Waals surface area contributed by atoms with Crippen molar-refractivity contribution in [2.45, 2.75) is 37.5 Å². The average molecular weight is 544 g/mol. The molecule has 5 aromatic rings. The maximum Gasteiger partial charge on any atom is 0.164 e. The van der Waals surface area contributed by atoms with E-state index in [1.54, 1.807) is 6.20 Å². The molecule has 5 aliphatic rings. The third-order valence-corrected chi connectivity index (χ3v) is 10.6. The molecule has 4 bridgehead atoms. The lowest BCUT2D eigenvalue weighted by Gasteiger charge is -2.61. The minimum atomic E-state index is -0.0918. The minimum absolute atomic E-state index is 0.0918. The number of rotatable bonds is 3. The second-order valence-corrected chi connectivity index (χ2v) is 12.7. The maximum absolute atomic E-state index is 10.2. The van der Waals surface area contributed by atoms with Crippen LogP contribution in [0.1, 0.15) is 48.8 Å². The number of nitrogens with zero attached hydrogens (tertiary/aromatic N) is 5. The quantitative estimate of drug-likeness (QED) is 0.232. The minimum Gasteiger partial charge on any atom is -0.263 e. The highest BCUT2D eigenvalue weighted by Gasteiger charge is 2.62. The Labute approximate surface area is 245 Å². The molecule has 0 unspecified atom stereocenters. The van der Waals surface area contributed by atoms with Gasteiger partial charge in [-0.05, 0) is 78.5 Å². The van der Waals surface area contributed by atoms with E-state index in [0.717, 1.165) is 34.1 Å². The van der Waals surface area contributed by atoms with Crippen molar-refractivity contribution in [1.82, 2.24) is 19.9 Å². The van der Waals surface area contributed by atoms with Gasteiger partial charge in [0.2, 0.25) is 0 Å². The summed E-state index contributed by atoms with van der Waals surface area (Å²) in [5.74, 6) is 4.86. The van der Waals surface area contributed by atoms with Crippen LogP contribution in [0.4, 0.5) is 0 Å². The Bertz CT molecular complexity index is 1820. The van der Waals surface area contributed by atoms with E-state index in [1.807, 2.05) is 60.7 Å². The van der Waals surface area contributed by atoms with Crippen molar-refractivity contribution in [3.05, 3.63) is 108 Å². The van der Waals surface area contributed by atoms with E-state index in [1.165, 1.54) is 48.8 Å². The molecule has 42 heavy (non-hydrogen) atoms. The predicted octanol–water partition coefficient (Wildman–Crippen LogP) is 7.86. The summed E-state index contributed by atoms with van der Waals surface area (Å²) in [4.78, 5) is 19.6. The second kappa shape index (κ2) is 8.90. The first-order chi connectivity index (χ1) is 20.7. The molecule has 2 aromatic heterocycles. The monoisotopic (exact) mass is 543 g/mol. The molecule has 2 heterocycles. The van der Waals surface area contributed by atoms with Crippen molar-refractivity contribution < 1.29 is 0 Å². The zero-order valence-corrected chi connectivity index (χ0v) is 23.2. The summed E-state index contributed by atoms with van der Waals surface area (Å²) >= 11 is 0. The molecule has 5 heteroatoms. The van der Waals surface area contributed by atoms with Crippen LogP contribution >= 0.6 is 0 Å². The zero-order valence-electron chi connectivity index (χ0n) is 23.2. The lowest BCUT2D eigenvalue weighted by molar-refractivity contribution is -0.0400. The van der Waals surface area contributed by atoms with E-state index in [-0.39, 0.29) is 5.41 Å². The van der Waals surface area contributed by atoms with Crippen LogP contribution in [0, 0.1) is 35.0 Å². The molecular formula is C37H29N5. The summed E-state index contributed by atoms with van der Waals surface area (Å²) in [6.45, 7) is 0. The number of nitriles is 1. The van der Waals surface area contributed by atoms with E-state index < -0.39 is 0 Å². The molecule has 5 aliphatic carbocycles. The number of hydrogen-bond donors (Lipinski definition) is 0. The number of pyridine rings is 1. The largest absolute Gasteiger partial charge is 0.263 e. The molecule has 202 valence electrons. The van der Waals surface area contributed by atoms with E-state index in [0.29, 0.717) is 34.9 Å². The Hall–Kier alpha value is -4.69. The van der Waals surface area contributed by atoms with Gasteiger partial charge in [0.15, 0.2) is 17.5 Å². The summed E-state index contributed by atoms with van der Waals surface area (Å²) in [7, 11) is 0. The molecule has 0 saturated heterocycles. The topological polar surface area (TPSA) is 75.3 Å². The summed E-state index contributed by atoms with van der Waals surface area (Å²) in [6, 6.07) is 29.5. The van der Waals surface area contributed by atoms with Crippen LogP contribution in [-0.4, -0.2) is 19.9 Å². The second-order valence-electron chi connectivity index (χ2n) is 12.7. The zero-order chi connectivity index (χ0) is 27.8. The van der Waals surface area contributed by atoms with Crippen LogP contribution < -0.4 is 0 Å². The third-order valence-electron chi connectivity index (χ3n) is 10.6. The van der Waals surface area contributed by atoms with Crippen LogP contribution in [0.5, 0.6) is 0 Å². The first kappa shape index (κ1) is 24.0. The Balaban J connectivity index is 1.27. The van der Waals surface area contributed by atoms with Gasteiger partial charge in [-0.1, -0.05) is 72.8 Å². The normalized spacial score (nSPS) is 26.2. The van der Waals surface area contributed by atoms with Crippen LogP contribution in [0.15, 0.2) is 91.3 Å². The first-order valence-electron chi connectivity index (χ1n) is 15.1. The van der Waals surface area contributed by atoms with Gasteiger partial charge < -0.3 is 0 Å². The number of hydrogen-bond acceptors (Lipinski definition) is 5. The predicted molar refractivity (Wildman–Crippen MR) is 162 cm³/mol. The van der Waals surface area contributed by atoms with Gasteiger partial charge in [-0.2, -0.15) is 5.26 Å². The highest BCUT2D eigenvalue weighted by Crippen LogP contribution is 2.69. The van der Waals surface area contributed by atoms with Crippen LogP contribution in [0.2, 0.25) is 0 Å². The molecular weight excluding hydrogens is 514 g/mol. The van der Waals surface area contributed by atoms with E-state index >= 15 is 0 Å². The van der Waals surface area contributed by atoms with Crippen molar-refractivity contribution >= 4 is 0 Å². The molecule has 0 aliphatic heterocycles. The third kappa shape index (κ3) is 3.30. The van der Waals surface area contributed by atoms with Gasteiger partial charge in [-0.3, -0.25) is 4.98 Å². The summed E-state index contributed by atoms with van der Waals surface area (Å²) in [6.07, 6.45) is 10.3. The molecule has 0 radical (unpaired) electrons. The standard InChI is InChI=1S/C37H29N5/c38-19-27-20-39-21-32-33(27)30-12-11-26(18-31(30)37(32)28-14-22-13-23(16-28)17-29(37)15-22)36-41-34(24-7-3-1-4-8-24)40-35(42-36)25-9-5-2-6-10-25/h1-12,18,20-23,28-29H,13-17H2. The molecule has 10 rings (SSSR count). The Morgan fingerprint density at radius 1 is 0.619 bits per heavy atom. The SMILES string of the molecule is N#Cc1cncc2c1-c1ccc(-c3nc(-c4ccccc4)nc(-c4ccccc4)n3)cc1C21C2CC3CC(C2)CC1C3. The molecule has 1 spiro atoms. The maximum atomic E-state index is 10.2. The van der Waals surface area contributed by atoms with Gasteiger partial charge in [0.1, 0.15) is 6.07 Å². The Kier molecular flexibility index (Phi) is 5.08. The Morgan fingerprint density at radius 2 is 1.19 bits per heavy atom. The molecule has 0 atom stereocenters. The lowest BCUT2D eigenvalue weighted by Crippen LogP contribution is -2.55. The van der Waals surface area contributed by atoms with E-state index in [9.17, 15) is 5.26 Å². The summed E-state index contributed by atoms with van der Waals surface area (Å²) in [5.41, 5.74) is 8.47. The van der Waals surface area contributed by atoms with E-state index in [2.05, 4.69) is 35.4 Å². The van der Waals surface area contributed by atoms with Crippen LogP contribution in [0.3, 0.4) is 0 Å². The molecule has 0 N–H and O–H groups in total. The molecule has 5 nitrogen and oxygen atoms in total. The van der Waals surface area contributed by atoms with Gasteiger partial charge in [0, 0.05) is 40.1 Å². The highest BCUT2D eigenvalue weighted by atomic mass is 15.0. The fraction of sp³-hybridized carbons (Fsp3) is 0.270. The molecule has 4 fully saturated rings. The van der Waals surface area contributed by atoms with Gasteiger partial charge in [-0.15, -0.1) is 0 Å². The molecule has 4 saturated carbocycles. The van der Waals surface area contributed by atoms with Crippen LogP contribution in [-0.2, 0) is 5.41 Å². The first-order valence-corrected chi connectivity index (χ1v) is 15.1. The lowest BCUT2D eigenvalue weighted by atomic mass is 9.43. The van der Waals surface area contributed by atoms with E-state index in [4.69, 9.17) is 15.0 Å². The smallest absolute Gasteiger partial charge is 0.164 e. The Morgan fingerprint density at radius 3 is 1.76 bits per heavy atom. The van der Waals surface area contributed by atoms with Crippen molar-refractivity contribution in [2.24, 2.45) is 23.7 Å². The number of fused-ring (bicyclic) bond motifs is 3. The number of aromatic nitrogens is 4. The molecule has 3 aromatic carbocycles. The fourth-order valence-electron chi connectivity index (χ4n) is 9.28. The summed E-state index contributed by atoms with van der Waals surface area (Å²) in [5, 5.41) is 10.2. The molecule has 0 amide bonds. The highest BCUT2D eigenvalue weighted by molar-refractivity contribution is 5.87. The van der Waals surface area contributed by atoms with Crippen molar-refractivity contribution in [3.63, 3.8) is 0 Å². The van der Waals surface area contributed by atoms with Crippen molar-refractivity contribution in [3.8, 4) is 51.4 Å². The van der Waals surface area contributed by atoms with Crippen molar-refractivity contribution in [2.75, 3.05) is 0 Å². The van der Waals surface area contributed by atoms with Gasteiger partial charge in [0.05, 0.1) is 5.56 Å². The van der Waals surface area contributed by atoms with Crippen molar-refractivity contribution in [1.29, 1.82) is 5.26 Å². The summed E-state index contributed by atoms with van der Waals surface area (Å²) < 4.78 is 0. The average Bonchev–Trinajstić information content (AvgIpc) is 3.34. The fourth-order valence-corrected chi connectivity index (χ4v) is 9.28. The van der Waals surface area contributed by atoms with Gasteiger partial charge in [0.25, 0.3) is 0 Å². The van der Waals surface area contributed by atoms with Crippen LogP contribution in [0.25, 0.3) is 45.3 Å². The van der Waals surface area contributed by atoms with Gasteiger partial charge >= 0.3 is 0 Å². The van der Waals surface area contributed by atoms with Gasteiger partial charge in [-0.25, -0.2) is 15.0 Å².